The van der Waals surface area contributed by atoms with Crippen molar-refractivity contribution in [3.8, 4) is 5.69 Å². The highest BCUT2D eigenvalue weighted by molar-refractivity contribution is 5.73. The molecular weight excluding hydrogens is 280 g/mol. The number of hydrogen-bond donors (Lipinski definition) is 2. The van der Waals surface area contributed by atoms with Gasteiger partial charge < -0.3 is 10.2 Å². The van der Waals surface area contributed by atoms with Gasteiger partial charge >= 0.3 is 0 Å². The Morgan fingerprint density at radius 3 is 2.64 bits per heavy atom. The van der Waals surface area contributed by atoms with E-state index in [-0.39, 0.29) is 5.56 Å². The van der Waals surface area contributed by atoms with Gasteiger partial charge in [-0.2, -0.15) is 4.98 Å². The Bertz CT molecular complexity index is 847. The van der Waals surface area contributed by atoms with Crippen LogP contribution in [0.1, 0.15) is 0 Å². The van der Waals surface area contributed by atoms with Gasteiger partial charge in [0.25, 0.3) is 5.56 Å². The minimum absolute atomic E-state index is 0.201. The maximum atomic E-state index is 12.3. The molecule has 3 heterocycles. The number of anilines is 1. The summed E-state index contributed by atoms with van der Waals surface area (Å²) in [4.78, 5) is 26.0. The molecule has 0 amide bonds. The molecule has 112 valence electrons. The quantitative estimate of drug-likeness (QED) is 0.721. The Labute approximate surface area is 126 Å². The number of H-pyrrole nitrogens is 1. The zero-order valence-corrected chi connectivity index (χ0v) is 12.0. The fraction of sp³-hybridized carbons (Fsp3) is 0.267. The molecule has 7 heteroatoms. The van der Waals surface area contributed by atoms with Crippen molar-refractivity contribution >= 4 is 17.1 Å². The first-order chi connectivity index (χ1) is 10.8. The molecule has 0 aliphatic carbocycles. The van der Waals surface area contributed by atoms with E-state index < -0.39 is 0 Å². The summed E-state index contributed by atoms with van der Waals surface area (Å²) in [6.45, 7) is 3.43. The number of piperazine rings is 1. The molecule has 0 spiro atoms. The molecule has 4 rings (SSSR count). The van der Waals surface area contributed by atoms with Gasteiger partial charge in [0.1, 0.15) is 6.33 Å². The minimum Gasteiger partial charge on any atom is -0.340 e. The van der Waals surface area contributed by atoms with E-state index in [1.807, 2.05) is 34.9 Å². The molecule has 0 saturated carbocycles. The average molecular weight is 296 g/mol. The number of fused-ring (bicyclic) bond motifs is 1. The Hall–Kier alpha value is -2.67. The zero-order chi connectivity index (χ0) is 14.9. The summed E-state index contributed by atoms with van der Waals surface area (Å²) in [5, 5.41) is 3.29. The summed E-state index contributed by atoms with van der Waals surface area (Å²) in [5.74, 6) is 0.608. The second-order valence-corrected chi connectivity index (χ2v) is 5.25. The topological polar surface area (TPSA) is 78.8 Å². The molecule has 3 aromatic rings. The highest BCUT2D eigenvalue weighted by Gasteiger charge is 2.17. The summed E-state index contributed by atoms with van der Waals surface area (Å²) >= 11 is 0. The average Bonchev–Trinajstić information content (AvgIpc) is 3.01. The van der Waals surface area contributed by atoms with Crippen LogP contribution in [0.2, 0.25) is 0 Å². The van der Waals surface area contributed by atoms with Crippen LogP contribution in [-0.4, -0.2) is 45.7 Å². The molecule has 0 bridgehead atoms. The van der Waals surface area contributed by atoms with Crippen molar-refractivity contribution < 1.29 is 0 Å². The first-order valence-corrected chi connectivity index (χ1v) is 7.31. The lowest BCUT2D eigenvalue weighted by Crippen LogP contribution is -2.44. The molecule has 0 radical (unpaired) electrons. The highest BCUT2D eigenvalue weighted by atomic mass is 16.1. The van der Waals surface area contributed by atoms with Crippen LogP contribution in [0.3, 0.4) is 0 Å². The maximum Gasteiger partial charge on any atom is 0.280 e. The predicted octanol–water partition coefficient (Wildman–Crippen LogP) is 0.518. The number of rotatable bonds is 2. The lowest BCUT2D eigenvalue weighted by Gasteiger charge is -2.27. The van der Waals surface area contributed by atoms with Crippen molar-refractivity contribution in [2.45, 2.75) is 0 Å². The summed E-state index contributed by atoms with van der Waals surface area (Å²) < 4.78 is 1.84. The standard InChI is InChI=1S/C15H16N6O/c22-14-12-13(18-15(19-14)20-8-6-16-7-9-20)21(10-17-12)11-4-2-1-3-5-11/h1-5,10,16H,6-9H2,(H,18,19,22). The van der Waals surface area contributed by atoms with E-state index in [0.717, 1.165) is 31.9 Å². The maximum absolute atomic E-state index is 12.3. The van der Waals surface area contributed by atoms with Crippen molar-refractivity contribution in [2.24, 2.45) is 0 Å². The second kappa shape index (κ2) is 5.27. The van der Waals surface area contributed by atoms with Crippen LogP contribution >= 0.6 is 0 Å². The van der Waals surface area contributed by atoms with Gasteiger partial charge in [0.2, 0.25) is 5.95 Å². The SMILES string of the molecule is O=c1[nH]c(N2CCNCC2)nc2c1ncn2-c1ccccc1. The monoisotopic (exact) mass is 296 g/mol. The number of aromatic nitrogens is 4. The lowest BCUT2D eigenvalue weighted by atomic mass is 10.3. The Morgan fingerprint density at radius 1 is 1.09 bits per heavy atom. The number of para-hydroxylation sites is 1. The number of nitrogens with zero attached hydrogens (tertiary/aromatic N) is 4. The van der Waals surface area contributed by atoms with Crippen molar-refractivity contribution in [1.82, 2.24) is 24.8 Å². The third-order valence-electron chi connectivity index (χ3n) is 3.85. The van der Waals surface area contributed by atoms with Gasteiger partial charge in [0.05, 0.1) is 0 Å². The van der Waals surface area contributed by atoms with Crippen LogP contribution in [0.15, 0.2) is 41.5 Å². The van der Waals surface area contributed by atoms with Gasteiger partial charge in [-0.1, -0.05) is 18.2 Å². The van der Waals surface area contributed by atoms with E-state index >= 15 is 0 Å². The number of aromatic amines is 1. The molecular formula is C15H16N6O. The molecule has 1 aliphatic rings. The van der Waals surface area contributed by atoms with Crippen molar-refractivity contribution in [3.63, 3.8) is 0 Å². The van der Waals surface area contributed by atoms with Gasteiger partial charge in [0.15, 0.2) is 11.2 Å². The molecule has 1 aliphatic heterocycles. The van der Waals surface area contributed by atoms with E-state index in [2.05, 4.69) is 25.2 Å². The fourth-order valence-electron chi connectivity index (χ4n) is 2.70. The van der Waals surface area contributed by atoms with Crippen LogP contribution in [0.4, 0.5) is 5.95 Å². The van der Waals surface area contributed by atoms with Gasteiger partial charge in [-0.05, 0) is 12.1 Å². The van der Waals surface area contributed by atoms with E-state index in [9.17, 15) is 4.79 Å². The summed E-state index contributed by atoms with van der Waals surface area (Å²) in [6.07, 6.45) is 1.64. The molecule has 2 aromatic heterocycles. The second-order valence-electron chi connectivity index (χ2n) is 5.25. The fourth-order valence-corrected chi connectivity index (χ4v) is 2.70. The first kappa shape index (κ1) is 13.0. The van der Waals surface area contributed by atoms with Crippen LogP contribution in [0, 0.1) is 0 Å². The summed E-state index contributed by atoms with van der Waals surface area (Å²) in [7, 11) is 0. The highest BCUT2D eigenvalue weighted by Crippen LogP contribution is 2.16. The minimum atomic E-state index is -0.201. The molecule has 2 N–H and O–H groups in total. The van der Waals surface area contributed by atoms with Crippen molar-refractivity contribution in [1.29, 1.82) is 0 Å². The first-order valence-electron chi connectivity index (χ1n) is 7.31. The van der Waals surface area contributed by atoms with Crippen LogP contribution in [0.5, 0.6) is 0 Å². The van der Waals surface area contributed by atoms with E-state index in [1.54, 1.807) is 6.33 Å². The van der Waals surface area contributed by atoms with Crippen molar-refractivity contribution in [3.05, 3.63) is 47.0 Å². The van der Waals surface area contributed by atoms with Crippen LogP contribution in [-0.2, 0) is 0 Å². The lowest BCUT2D eigenvalue weighted by molar-refractivity contribution is 0.580. The summed E-state index contributed by atoms with van der Waals surface area (Å²) in [5.41, 5.74) is 1.69. The molecule has 1 fully saturated rings. The number of nitrogens with one attached hydrogen (secondary N) is 2. The number of imidazole rings is 1. The summed E-state index contributed by atoms with van der Waals surface area (Å²) in [6, 6.07) is 9.79. The van der Waals surface area contributed by atoms with E-state index in [4.69, 9.17) is 0 Å². The number of hydrogen-bond acceptors (Lipinski definition) is 5. The Morgan fingerprint density at radius 2 is 1.86 bits per heavy atom. The molecule has 7 nitrogen and oxygen atoms in total. The molecule has 0 atom stereocenters. The van der Waals surface area contributed by atoms with Crippen molar-refractivity contribution in [2.75, 3.05) is 31.1 Å². The van der Waals surface area contributed by atoms with Gasteiger partial charge in [0, 0.05) is 31.9 Å². The third kappa shape index (κ3) is 2.15. The molecule has 1 saturated heterocycles. The van der Waals surface area contributed by atoms with E-state index in [0.29, 0.717) is 17.1 Å². The van der Waals surface area contributed by atoms with Gasteiger partial charge in [-0.3, -0.25) is 14.3 Å². The Kier molecular flexibility index (Phi) is 3.12. The largest absolute Gasteiger partial charge is 0.340 e. The zero-order valence-electron chi connectivity index (χ0n) is 12.0. The van der Waals surface area contributed by atoms with Gasteiger partial charge in [-0.25, -0.2) is 4.98 Å². The normalized spacial score (nSPS) is 15.4. The molecule has 22 heavy (non-hydrogen) atoms. The third-order valence-corrected chi connectivity index (χ3v) is 3.85. The molecule has 0 unspecified atom stereocenters. The predicted molar refractivity (Wildman–Crippen MR) is 84.6 cm³/mol. The van der Waals surface area contributed by atoms with Gasteiger partial charge in [-0.15, -0.1) is 0 Å². The smallest absolute Gasteiger partial charge is 0.280 e. The Balaban J connectivity index is 1.86. The van der Waals surface area contributed by atoms with Crippen LogP contribution in [0.25, 0.3) is 16.9 Å². The van der Waals surface area contributed by atoms with E-state index in [1.165, 1.54) is 0 Å². The van der Waals surface area contributed by atoms with Crippen LogP contribution < -0.4 is 15.8 Å². The molecule has 1 aromatic carbocycles. The number of benzene rings is 1.